The molecule has 2 rings (SSSR count). The first-order valence-electron chi connectivity index (χ1n) is 5.80. The summed E-state index contributed by atoms with van der Waals surface area (Å²) >= 11 is 0. The SMILES string of the molecule is N[C@](O)(c1ccc(C=O)cc1)[C@@H](O)C1CCC1. The highest BCUT2D eigenvalue weighted by Crippen LogP contribution is 2.36. The topological polar surface area (TPSA) is 83.5 Å². The van der Waals surface area contributed by atoms with E-state index in [1.54, 1.807) is 24.3 Å². The van der Waals surface area contributed by atoms with E-state index in [0.717, 1.165) is 25.5 Å². The second kappa shape index (κ2) is 4.56. The monoisotopic (exact) mass is 235 g/mol. The maximum atomic E-state index is 10.5. The molecule has 0 amide bonds. The van der Waals surface area contributed by atoms with E-state index < -0.39 is 11.8 Å². The van der Waals surface area contributed by atoms with Crippen molar-refractivity contribution in [1.29, 1.82) is 0 Å². The van der Waals surface area contributed by atoms with Gasteiger partial charge in [0.15, 0.2) is 5.72 Å². The zero-order valence-corrected chi connectivity index (χ0v) is 9.54. The molecule has 1 saturated carbocycles. The summed E-state index contributed by atoms with van der Waals surface area (Å²) in [4.78, 5) is 10.5. The molecular formula is C13H17NO3. The van der Waals surface area contributed by atoms with Crippen LogP contribution < -0.4 is 5.73 Å². The van der Waals surface area contributed by atoms with E-state index >= 15 is 0 Å². The van der Waals surface area contributed by atoms with E-state index in [-0.39, 0.29) is 5.92 Å². The van der Waals surface area contributed by atoms with Gasteiger partial charge in [0.2, 0.25) is 0 Å². The fourth-order valence-electron chi connectivity index (χ4n) is 2.11. The van der Waals surface area contributed by atoms with Gasteiger partial charge in [-0.05, 0) is 18.8 Å². The summed E-state index contributed by atoms with van der Waals surface area (Å²) in [6.45, 7) is 0. The number of hydrogen-bond acceptors (Lipinski definition) is 4. The van der Waals surface area contributed by atoms with Crippen LogP contribution in [0.3, 0.4) is 0 Å². The Hall–Kier alpha value is -1.23. The number of aliphatic hydroxyl groups excluding tert-OH is 1. The maximum absolute atomic E-state index is 10.5. The molecule has 1 aromatic carbocycles. The van der Waals surface area contributed by atoms with Gasteiger partial charge >= 0.3 is 0 Å². The predicted molar refractivity (Wildman–Crippen MR) is 63.3 cm³/mol. The lowest BCUT2D eigenvalue weighted by Crippen LogP contribution is -2.52. The molecule has 92 valence electrons. The molecule has 0 unspecified atom stereocenters. The van der Waals surface area contributed by atoms with Crippen LogP contribution in [-0.2, 0) is 5.72 Å². The first-order chi connectivity index (χ1) is 8.05. The molecule has 1 aliphatic rings. The van der Waals surface area contributed by atoms with Crippen LogP contribution in [0.5, 0.6) is 0 Å². The Labute approximate surface area is 100 Å². The third-order valence-electron chi connectivity index (χ3n) is 3.56. The van der Waals surface area contributed by atoms with Gasteiger partial charge in [-0.2, -0.15) is 0 Å². The van der Waals surface area contributed by atoms with Crippen molar-refractivity contribution in [2.75, 3.05) is 0 Å². The van der Waals surface area contributed by atoms with E-state index in [4.69, 9.17) is 5.73 Å². The van der Waals surface area contributed by atoms with Gasteiger partial charge in [0, 0.05) is 11.1 Å². The van der Waals surface area contributed by atoms with E-state index in [2.05, 4.69) is 0 Å². The first-order valence-corrected chi connectivity index (χ1v) is 5.80. The molecular weight excluding hydrogens is 218 g/mol. The lowest BCUT2D eigenvalue weighted by Gasteiger charge is -2.38. The van der Waals surface area contributed by atoms with E-state index in [1.807, 2.05) is 0 Å². The molecule has 1 aromatic rings. The van der Waals surface area contributed by atoms with Crippen LogP contribution in [0.1, 0.15) is 35.2 Å². The van der Waals surface area contributed by atoms with Crippen molar-refractivity contribution in [2.24, 2.45) is 11.7 Å². The van der Waals surface area contributed by atoms with E-state index in [1.165, 1.54) is 0 Å². The molecule has 0 aliphatic heterocycles. The molecule has 0 heterocycles. The lowest BCUT2D eigenvalue weighted by molar-refractivity contribution is -0.117. The van der Waals surface area contributed by atoms with Crippen molar-refractivity contribution in [1.82, 2.24) is 0 Å². The lowest BCUT2D eigenvalue weighted by atomic mass is 9.76. The maximum Gasteiger partial charge on any atom is 0.166 e. The number of nitrogens with two attached hydrogens (primary N) is 1. The summed E-state index contributed by atoms with van der Waals surface area (Å²) in [5.41, 5.74) is 5.01. The molecule has 0 saturated heterocycles. The molecule has 0 bridgehead atoms. The quantitative estimate of drug-likeness (QED) is 0.531. The second-order valence-corrected chi connectivity index (χ2v) is 4.70. The summed E-state index contributed by atoms with van der Waals surface area (Å²) in [5, 5.41) is 20.2. The van der Waals surface area contributed by atoms with Crippen LogP contribution in [0, 0.1) is 5.92 Å². The smallest absolute Gasteiger partial charge is 0.166 e. The average Bonchev–Trinajstić information content (AvgIpc) is 2.27. The Morgan fingerprint density at radius 1 is 1.35 bits per heavy atom. The van der Waals surface area contributed by atoms with Gasteiger partial charge in [0.25, 0.3) is 0 Å². The Kier molecular flexibility index (Phi) is 3.28. The minimum Gasteiger partial charge on any atom is -0.388 e. The standard InChI is InChI=1S/C13H17NO3/c14-13(17,12(16)10-2-1-3-10)11-6-4-9(8-15)5-7-11/h4-8,10,12,16-17H,1-3,14H2/t12-,13-/m0/s1. The number of rotatable bonds is 4. The van der Waals surface area contributed by atoms with Crippen LogP contribution in [0.25, 0.3) is 0 Å². The minimum atomic E-state index is -1.74. The molecule has 0 radical (unpaired) electrons. The zero-order valence-electron chi connectivity index (χ0n) is 9.54. The van der Waals surface area contributed by atoms with E-state index in [0.29, 0.717) is 11.1 Å². The molecule has 4 heteroatoms. The third-order valence-corrected chi connectivity index (χ3v) is 3.56. The van der Waals surface area contributed by atoms with Gasteiger partial charge in [-0.25, -0.2) is 0 Å². The second-order valence-electron chi connectivity index (χ2n) is 4.70. The number of benzene rings is 1. The van der Waals surface area contributed by atoms with Crippen molar-refractivity contribution >= 4 is 6.29 Å². The van der Waals surface area contributed by atoms with Crippen LogP contribution in [0.4, 0.5) is 0 Å². The van der Waals surface area contributed by atoms with Crippen LogP contribution in [0.2, 0.25) is 0 Å². The largest absolute Gasteiger partial charge is 0.388 e. The number of carbonyl (C=O) groups excluding carboxylic acids is 1. The number of carbonyl (C=O) groups is 1. The Morgan fingerprint density at radius 3 is 2.35 bits per heavy atom. The van der Waals surface area contributed by atoms with E-state index in [9.17, 15) is 15.0 Å². The average molecular weight is 235 g/mol. The van der Waals surface area contributed by atoms with Crippen molar-refractivity contribution in [2.45, 2.75) is 31.1 Å². The molecule has 0 aromatic heterocycles. The molecule has 1 fully saturated rings. The van der Waals surface area contributed by atoms with Crippen LogP contribution in [0.15, 0.2) is 24.3 Å². The summed E-state index contributed by atoms with van der Waals surface area (Å²) in [6, 6.07) is 6.30. The van der Waals surface area contributed by atoms with Crippen molar-refractivity contribution < 1.29 is 15.0 Å². The predicted octanol–water partition coefficient (Wildman–Crippen LogP) is 0.764. The minimum absolute atomic E-state index is 0.0655. The van der Waals surface area contributed by atoms with Crippen molar-refractivity contribution in [3.63, 3.8) is 0 Å². The number of hydrogen-bond donors (Lipinski definition) is 3. The summed E-state index contributed by atoms with van der Waals surface area (Å²) < 4.78 is 0. The fraction of sp³-hybridized carbons (Fsp3) is 0.462. The highest BCUT2D eigenvalue weighted by atomic mass is 16.4. The van der Waals surface area contributed by atoms with Gasteiger partial charge < -0.3 is 10.2 Å². The molecule has 1 aliphatic carbocycles. The highest BCUT2D eigenvalue weighted by Gasteiger charge is 2.40. The highest BCUT2D eigenvalue weighted by molar-refractivity contribution is 5.74. The van der Waals surface area contributed by atoms with Gasteiger partial charge in [0.05, 0.1) is 0 Å². The van der Waals surface area contributed by atoms with Gasteiger partial charge in [-0.1, -0.05) is 30.7 Å². The van der Waals surface area contributed by atoms with Crippen molar-refractivity contribution in [3.8, 4) is 0 Å². The Bertz CT molecular complexity index is 396. The molecule has 17 heavy (non-hydrogen) atoms. The van der Waals surface area contributed by atoms with Gasteiger partial charge in [-0.15, -0.1) is 0 Å². The van der Waals surface area contributed by atoms with Crippen molar-refractivity contribution in [3.05, 3.63) is 35.4 Å². The first kappa shape index (κ1) is 12.2. The molecule has 2 atom stereocenters. The summed E-state index contributed by atoms with van der Waals surface area (Å²) in [7, 11) is 0. The van der Waals surface area contributed by atoms with Gasteiger partial charge in [-0.3, -0.25) is 10.5 Å². The zero-order chi connectivity index (χ0) is 12.5. The molecule has 4 nitrogen and oxygen atoms in total. The van der Waals surface area contributed by atoms with Gasteiger partial charge in [0.1, 0.15) is 12.4 Å². The van der Waals surface area contributed by atoms with Crippen LogP contribution in [-0.4, -0.2) is 22.6 Å². The number of aldehydes is 1. The normalized spacial score (nSPS) is 21.4. The van der Waals surface area contributed by atoms with Crippen LogP contribution >= 0.6 is 0 Å². The number of aliphatic hydroxyl groups is 2. The molecule has 0 spiro atoms. The Morgan fingerprint density at radius 2 is 1.94 bits per heavy atom. The Balaban J connectivity index is 2.19. The fourth-order valence-corrected chi connectivity index (χ4v) is 2.11. The summed E-state index contributed by atoms with van der Waals surface area (Å²) in [5.74, 6) is 0.0655. The third kappa shape index (κ3) is 2.24. The molecule has 4 N–H and O–H groups in total. The summed E-state index contributed by atoms with van der Waals surface area (Å²) in [6.07, 6.45) is 2.63.